The molecule has 2 amide bonds. The van der Waals surface area contributed by atoms with E-state index in [9.17, 15) is 9.59 Å². The van der Waals surface area contributed by atoms with Gasteiger partial charge in [-0.3, -0.25) is 14.9 Å². The molecule has 0 spiro atoms. The Hall–Kier alpha value is -1.54. The normalized spacial score (nSPS) is 14.1. The van der Waals surface area contributed by atoms with E-state index in [-0.39, 0.29) is 24.9 Å². The molecule has 1 fully saturated rings. The molecule has 1 aliphatic rings. The van der Waals surface area contributed by atoms with E-state index in [1.54, 1.807) is 0 Å². The highest BCUT2D eigenvalue weighted by molar-refractivity contribution is 5.85. The van der Waals surface area contributed by atoms with Crippen LogP contribution in [0.15, 0.2) is 0 Å². The van der Waals surface area contributed by atoms with Crippen molar-refractivity contribution in [3.63, 3.8) is 0 Å². The van der Waals surface area contributed by atoms with Crippen LogP contribution in [-0.4, -0.2) is 37.5 Å². The van der Waals surface area contributed by atoms with Crippen LogP contribution in [0.5, 0.6) is 0 Å². The smallest absolute Gasteiger partial charge is 0.239 e. The number of hydrogen-bond acceptors (Lipinski definition) is 3. The van der Waals surface area contributed by atoms with Gasteiger partial charge in [-0.1, -0.05) is 5.92 Å². The van der Waals surface area contributed by atoms with Gasteiger partial charge in [-0.15, -0.1) is 6.42 Å². The summed E-state index contributed by atoms with van der Waals surface area (Å²) in [7, 11) is 0. The van der Waals surface area contributed by atoms with Crippen LogP contribution >= 0.6 is 0 Å². The lowest BCUT2D eigenvalue weighted by Crippen LogP contribution is -2.41. The van der Waals surface area contributed by atoms with E-state index < -0.39 is 0 Å². The Balaban J connectivity index is 2.00. The van der Waals surface area contributed by atoms with Gasteiger partial charge in [-0.2, -0.15) is 0 Å². The molecule has 5 heteroatoms. The molecule has 1 aliphatic carbocycles. The topological polar surface area (TPSA) is 70.2 Å². The van der Waals surface area contributed by atoms with Crippen molar-refractivity contribution < 1.29 is 9.59 Å². The van der Waals surface area contributed by atoms with Crippen molar-refractivity contribution in [3.8, 4) is 12.3 Å². The van der Waals surface area contributed by atoms with Gasteiger partial charge in [0.1, 0.15) is 0 Å². The average molecular weight is 209 g/mol. The van der Waals surface area contributed by atoms with Gasteiger partial charge in [0, 0.05) is 6.04 Å². The Morgan fingerprint density at radius 1 is 1.27 bits per heavy atom. The molecule has 3 N–H and O–H groups in total. The molecule has 82 valence electrons. The molecule has 0 aromatic rings. The molecule has 0 aliphatic heterocycles. The third-order valence-corrected chi connectivity index (χ3v) is 1.90. The lowest BCUT2D eigenvalue weighted by atomic mass is 10.5. The van der Waals surface area contributed by atoms with Gasteiger partial charge >= 0.3 is 0 Å². The highest BCUT2D eigenvalue weighted by Crippen LogP contribution is 2.17. The van der Waals surface area contributed by atoms with Crippen LogP contribution in [0.3, 0.4) is 0 Å². The Kier molecular flexibility index (Phi) is 4.64. The van der Waals surface area contributed by atoms with Gasteiger partial charge in [0.25, 0.3) is 0 Å². The maximum Gasteiger partial charge on any atom is 0.239 e. The zero-order valence-electron chi connectivity index (χ0n) is 8.51. The molecule has 0 atom stereocenters. The van der Waals surface area contributed by atoms with E-state index in [4.69, 9.17) is 6.42 Å². The summed E-state index contributed by atoms with van der Waals surface area (Å²) in [6.07, 6.45) is 7.08. The molecule has 0 aromatic carbocycles. The minimum atomic E-state index is -0.226. The Morgan fingerprint density at radius 2 is 2.00 bits per heavy atom. The minimum Gasteiger partial charge on any atom is -0.352 e. The summed E-state index contributed by atoms with van der Waals surface area (Å²) in [6, 6.07) is 0.328. The van der Waals surface area contributed by atoms with Crippen LogP contribution in [0.25, 0.3) is 0 Å². The SMILES string of the molecule is C#CCNCC(=O)NCC(=O)NC1CC1. The molecule has 5 nitrogen and oxygen atoms in total. The predicted octanol–water partition coefficient (Wildman–Crippen LogP) is -1.40. The maximum atomic E-state index is 11.1. The van der Waals surface area contributed by atoms with Gasteiger partial charge in [-0.25, -0.2) is 0 Å². The van der Waals surface area contributed by atoms with Gasteiger partial charge in [0.2, 0.25) is 11.8 Å². The van der Waals surface area contributed by atoms with Crippen LogP contribution in [0, 0.1) is 12.3 Å². The summed E-state index contributed by atoms with van der Waals surface area (Å²) in [6.45, 7) is 0.523. The predicted molar refractivity (Wildman–Crippen MR) is 55.9 cm³/mol. The first-order chi connectivity index (χ1) is 7.22. The van der Waals surface area contributed by atoms with Gasteiger partial charge in [0.15, 0.2) is 0 Å². The van der Waals surface area contributed by atoms with E-state index in [1.807, 2.05) is 0 Å². The summed E-state index contributed by atoms with van der Waals surface area (Å²) in [5, 5.41) is 7.99. The van der Waals surface area contributed by atoms with Crippen LogP contribution < -0.4 is 16.0 Å². The summed E-state index contributed by atoms with van der Waals surface area (Å²) >= 11 is 0. The Bertz CT molecular complexity index is 279. The summed E-state index contributed by atoms with van der Waals surface area (Å²) in [5.41, 5.74) is 0. The van der Waals surface area contributed by atoms with E-state index in [1.165, 1.54) is 0 Å². The molecular weight excluding hydrogens is 194 g/mol. The molecular formula is C10H15N3O2. The monoisotopic (exact) mass is 209 g/mol. The molecule has 1 saturated carbocycles. The van der Waals surface area contributed by atoms with Gasteiger partial charge < -0.3 is 10.6 Å². The second-order valence-corrected chi connectivity index (χ2v) is 3.43. The number of hydrogen-bond donors (Lipinski definition) is 3. The van der Waals surface area contributed by atoms with E-state index in [0.717, 1.165) is 12.8 Å². The Labute approximate surface area is 89.0 Å². The Morgan fingerprint density at radius 3 is 2.60 bits per heavy atom. The van der Waals surface area contributed by atoms with Crippen molar-refractivity contribution in [2.45, 2.75) is 18.9 Å². The summed E-state index contributed by atoms with van der Waals surface area (Å²) in [5.74, 6) is 1.99. The number of carbonyl (C=O) groups is 2. The first-order valence-electron chi connectivity index (χ1n) is 4.92. The highest BCUT2D eigenvalue weighted by atomic mass is 16.2. The lowest BCUT2D eigenvalue weighted by Gasteiger charge is -2.05. The first kappa shape index (κ1) is 11.5. The van der Waals surface area contributed by atoms with Crippen molar-refractivity contribution in [2.24, 2.45) is 0 Å². The van der Waals surface area contributed by atoms with Crippen LogP contribution in [0.1, 0.15) is 12.8 Å². The fraction of sp³-hybridized carbons (Fsp3) is 0.600. The molecule has 0 saturated heterocycles. The van der Waals surface area contributed by atoms with Crippen LogP contribution in [0.2, 0.25) is 0 Å². The zero-order valence-corrected chi connectivity index (χ0v) is 8.51. The van der Waals surface area contributed by atoms with Gasteiger partial charge in [-0.05, 0) is 12.8 Å². The van der Waals surface area contributed by atoms with Gasteiger partial charge in [0.05, 0.1) is 19.6 Å². The summed E-state index contributed by atoms with van der Waals surface area (Å²) < 4.78 is 0. The highest BCUT2D eigenvalue weighted by Gasteiger charge is 2.22. The lowest BCUT2D eigenvalue weighted by molar-refractivity contribution is -0.125. The second kappa shape index (κ2) is 6.04. The van der Waals surface area contributed by atoms with E-state index in [0.29, 0.717) is 12.6 Å². The van der Waals surface area contributed by atoms with Crippen molar-refractivity contribution in [3.05, 3.63) is 0 Å². The molecule has 15 heavy (non-hydrogen) atoms. The summed E-state index contributed by atoms with van der Waals surface area (Å²) in [4.78, 5) is 22.3. The number of amides is 2. The number of nitrogens with one attached hydrogen (secondary N) is 3. The number of terminal acetylenes is 1. The third kappa shape index (κ3) is 5.70. The third-order valence-electron chi connectivity index (χ3n) is 1.90. The number of carbonyl (C=O) groups excluding carboxylic acids is 2. The van der Waals surface area contributed by atoms with Crippen LogP contribution in [0.4, 0.5) is 0 Å². The fourth-order valence-corrected chi connectivity index (χ4v) is 0.996. The molecule has 0 unspecified atom stereocenters. The molecule has 0 aromatic heterocycles. The van der Waals surface area contributed by atoms with Crippen LogP contribution in [-0.2, 0) is 9.59 Å². The van der Waals surface area contributed by atoms with E-state index in [2.05, 4.69) is 21.9 Å². The maximum absolute atomic E-state index is 11.1. The molecule has 0 radical (unpaired) electrons. The quantitative estimate of drug-likeness (QED) is 0.372. The largest absolute Gasteiger partial charge is 0.352 e. The van der Waals surface area contributed by atoms with Crippen molar-refractivity contribution in [2.75, 3.05) is 19.6 Å². The number of rotatable bonds is 6. The standard InChI is InChI=1S/C10H15N3O2/c1-2-5-11-6-9(14)12-7-10(15)13-8-3-4-8/h1,8,11H,3-7H2,(H,12,14)(H,13,15). The fourth-order valence-electron chi connectivity index (χ4n) is 0.996. The zero-order chi connectivity index (χ0) is 11.1. The second-order valence-electron chi connectivity index (χ2n) is 3.43. The molecule has 0 heterocycles. The molecule has 1 rings (SSSR count). The van der Waals surface area contributed by atoms with Crippen molar-refractivity contribution in [1.82, 2.24) is 16.0 Å². The first-order valence-corrected chi connectivity index (χ1v) is 4.92. The van der Waals surface area contributed by atoms with E-state index >= 15 is 0 Å². The molecule has 0 bridgehead atoms. The minimum absolute atomic E-state index is 0.0348. The average Bonchev–Trinajstić information content (AvgIpc) is 2.99. The van der Waals surface area contributed by atoms with Crippen molar-refractivity contribution >= 4 is 11.8 Å². The van der Waals surface area contributed by atoms with Crippen molar-refractivity contribution in [1.29, 1.82) is 0 Å².